The molecule has 0 N–H and O–H groups in total. The van der Waals surface area contributed by atoms with Crippen LogP contribution in [0.1, 0.15) is 83.6 Å². The number of unbranched alkanes of at least 4 members (excludes halogenated alkanes) is 9. The molecule has 0 radical (unpaired) electrons. The number of benzene rings is 1. The Morgan fingerprint density at radius 2 is 1.31 bits per heavy atom. The molecule has 0 fully saturated rings. The van der Waals surface area contributed by atoms with Gasteiger partial charge in [0.2, 0.25) is 0 Å². The van der Waals surface area contributed by atoms with Gasteiger partial charge in [-0.3, -0.25) is 0 Å². The fraction of sp³-hybridized carbons (Fsp3) is 0.565. The smallest absolute Gasteiger partial charge is 0.133 e. The van der Waals surface area contributed by atoms with Gasteiger partial charge in [-0.2, -0.15) is 10.5 Å². The van der Waals surface area contributed by atoms with Crippen molar-refractivity contribution in [2.75, 3.05) is 5.75 Å². The van der Waals surface area contributed by atoms with E-state index < -0.39 is 0 Å². The summed E-state index contributed by atoms with van der Waals surface area (Å²) >= 11 is 1.89. The van der Waals surface area contributed by atoms with Crippen molar-refractivity contribution in [2.24, 2.45) is 0 Å². The number of hydrogen-bond acceptors (Lipinski definition) is 3. The van der Waals surface area contributed by atoms with Gasteiger partial charge in [-0.25, -0.2) is 0 Å². The van der Waals surface area contributed by atoms with Crippen molar-refractivity contribution >= 4 is 17.3 Å². The van der Waals surface area contributed by atoms with Crippen LogP contribution in [-0.2, 0) is 0 Å². The molecular weight excluding hydrogens is 336 g/mol. The van der Waals surface area contributed by atoms with Crippen molar-refractivity contribution in [3.63, 3.8) is 0 Å². The van der Waals surface area contributed by atoms with E-state index >= 15 is 0 Å². The molecule has 0 amide bonds. The minimum Gasteiger partial charge on any atom is -0.192 e. The number of allylic oxidation sites excluding steroid dienone is 2. The van der Waals surface area contributed by atoms with Crippen molar-refractivity contribution in [1.82, 2.24) is 0 Å². The van der Waals surface area contributed by atoms with Gasteiger partial charge in [-0.1, -0.05) is 76.8 Å². The molecule has 0 aliphatic carbocycles. The second-order valence-corrected chi connectivity index (χ2v) is 7.95. The van der Waals surface area contributed by atoms with Gasteiger partial charge in [0.05, 0.1) is 0 Å². The number of hydrogen-bond donors (Lipinski definition) is 0. The van der Waals surface area contributed by atoms with E-state index in [1.165, 1.54) is 69.1 Å². The molecule has 1 rings (SSSR count). The van der Waals surface area contributed by atoms with Gasteiger partial charge in [0.15, 0.2) is 0 Å². The van der Waals surface area contributed by atoms with E-state index in [0.29, 0.717) is 0 Å². The Labute approximate surface area is 164 Å². The summed E-state index contributed by atoms with van der Waals surface area (Å²) in [5.41, 5.74) is 1.89. The van der Waals surface area contributed by atoms with E-state index in [1.807, 2.05) is 43.0 Å². The molecule has 0 unspecified atom stereocenters. The highest BCUT2D eigenvalue weighted by molar-refractivity contribution is 7.99. The molecule has 0 aliphatic heterocycles. The lowest BCUT2D eigenvalue weighted by atomic mass is 10.0. The van der Waals surface area contributed by atoms with Crippen LogP contribution in [0.5, 0.6) is 0 Å². The molecule has 0 aliphatic rings. The van der Waals surface area contributed by atoms with E-state index in [0.717, 1.165) is 16.9 Å². The second-order valence-electron chi connectivity index (χ2n) is 6.78. The SMILES string of the molecule is CCCCCCCCCCCCSc1ccc(C(C)=C(C#N)C#N)cc1. The normalized spacial score (nSPS) is 10.2. The molecule has 1 aromatic carbocycles. The fourth-order valence-corrected chi connectivity index (χ4v) is 3.83. The Balaban J connectivity index is 2.16. The lowest BCUT2D eigenvalue weighted by Crippen LogP contribution is -1.86. The third kappa shape index (κ3) is 9.12. The molecule has 3 heteroatoms. The summed E-state index contributed by atoms with van der Waals surface area (Å²) < 4.78 is 0. The predicted octanol–water partition coefficient (Wildman–Crippen LogP) is 7.52. The highest BCUT2D eigenvalue weighted by Gasteiger charge is 2.04. The standard InChI is InChI=1S/C23H32N2S/c1-3-4-5-6-7-8-9-10-11-12-17-26-23-15-13-21(14-16-23)20(2)22(18-24)19-25/h13-16H,3-12,17H2,1-2H3. The molecule has 0 bridgehead atoms. The van der Waals surface area contributed by atoms with Crippen LogP contribution in [0.2, 0.25) is 0 Å². The van der Waals surface area contributed by atoms with E-state index in [9.17, 15) is 0 Å². The summed E-state index contributed by atoms with van der Waals surface area (Å²) in [5, 5.41) is 17.9. The van der Waals surface area contributed by atoms with Gasteiger partial charge < -0.3 is 0 Å². The van der Waals surface area contributed by atoms with Crippen molar-refractivity contribution < 1.29 is 0 Å². The molecule has 0 saturated carbocycles. The summed E-state index contributed by atoms with van der Waals surface area (Å²) in [4.78, 5) is 1.26. The first-order chi connectivity index (χ1) is 12.7. The highest BCUT2D eigenvalue weighted by atomic mass is 32.2. The zero-order valence-corrected chi connectivity index (χ0v) is 17.2. The van der Waals surface area contributed by atoms with Crippen LogP contribution in [0.25, 0.3) is 5.57 Å². The van der Waals surface area contributed by atoms with Gasteiger partial charge in [-0.05, 0) is 42.4 Å². The molecule has 0 saturated heterocycles. The van der Waals surface area contributed by atoms with Crippen LogP contribution in [0.15, 0.2) is 34.7 Å². The van der Waals surface area contributed by atoms with E-state index in [1.54, 1.807) is 0 Å². The van der Waals surface area contributed by atoms with Crippen LogP contribution >= 0.6 is 11.8 Å². The number of rotatable bonds is 13. The van der Waals surface area contributed by atoms with Gasteiger partial charge in [0, 0.05) is 4.90 Å². The minimum absolute atomic E-state index is 0.191. The molecule has 26 heavy (non-hydrogen) atoms. The topological polar surface area (TPSA) is 47.6 Å². The third-order valence-corrected chi connectivity index (χ3v) is 5.75. The maximum atomic E-state index is 8.95. The van der Waals surface area contributed by atoms with E-state index in [4.69, 9.17) is 10.5 Å². The summed E-state index contributed by atoms with van der Waals surface area (Å²) in [6, 6.07) is 12.1. The first-order valence-corrected chi connectivity index (χ1v) is 11.0. The predicted molar refractivity (Wildman–Crippen MR) is 113 cm³/mol. The van der Waals surface area contributed by atoms with Crippen LogP contribution < -0.4 is 0 Å². The number of nitriles is 2. The molecule has 1 aromatic rings. The van der Waals surface area contributed by atoms with Crippen molar-refractivity contribution in [3.8, 4) is 12.1 Å². The van der Waals surface area contributed by atoms with Crippen LogP contribution in [-0.4, -0.2) is 5.75 Å². The van der Waals surface area contributed by atoms with Crippen LogP contribution in [0.3, 0.4) is 0 Å². The van der Waals surface area contributed by atoms with Crippen molar-refractivity contribution in [2.45, 2.75) is 83.0 Å². The maximum absolute atomic E-state index is 8.95. The molecule has 0 atom stereocenters. The summed E-state index contributed by atoms with van der Waals surface area (Å²) in [6.45, 7) is 4.09. The van der Waals surface area contributed by atoms with Crippen LogP contribution in [0.4, 0.5) is 0 Å². The third-order valence-electron chi connectivity index (χ3n) is 4.65. The average molecular weight is 369 g/mol. The van der Waals surface area contributed by atoms with E-state index in [2.05, 4.69) is 19.1 Å². The lowest BCUT2D eigenvalue weighted by molar-refractivity contribution is 0.563. The minimum atomic E-state index is 0.191. The molecule has 0 aromatic heterocycles. The zero-order chi connectivity index (χ0) is 19.0. The van der Waals surface area contributed by atoms with Gasteiger partial charge in [0.1, 0.15) is 17.7 Å². The quantitative estimate of drug-likeness (QED) is 0.205. The maximum Gasteiger partial charge on any atom is 0.133 e. The number of thioether (sulfide) groups is 1. The monoisotopic (exact) mass is 368 g/mol. The van der Waals surface area contributed by atoms with Gasteiger partial charge in [-0.15, -0.1) is 11.8 Å². The van der Waals surface area contributed by atoms with Gasteiger partial charge >= 0.3 is 0 Å². The molecular formula is C23H32N2S. The molecule has 0 heterocycles. The highest BCUT2D eigenvalue weighted by Crippen LogP contribution is 2.24. The Kier molecular flexibility index (Phi) is 12.4. The fourth-order valence-electron chi connectivity index (χ4n) is 2.92. The van der Waals surface area contributed by atoms with Crippen molar-refractivity contribution in [1.29, 1.82) is 10.5 Å². The van der Waals surface area contributed by atoms with Crippen molar-refractivity contribution in [3.05, 3.63) is 35.4 Å². The summed E-state index contributed by atoms with van der Waals surface area (Å²) in [6.07, 6.45) is 13.7. The molecule has 2 nitrogen and oxygen atoms in total. The largest absolute Gasteiger partial charge is 0.192 e. The first-order valence-electron chi connectivity index (χ1n) is 9.97. The summed E-state index contributed by atoms with van der Waals surface area (Å²) in [7, 11) is 0. The first kappa shape index (κ1) is 22.3. The van der Waals surface area contributed by atoms with Gasteiger partial charge in [0.25, 0.3) is 0 Å². The number of nitrogens with zero attached hydrogens (tertiary/aromatic N) is 2. The van der Waals surface area contributed by atoms with E-state index in [-0.39, 0.29) is 5.57 Å². The lowest BCUT2D eigenvalue weighted by Gasteiger charge is -2.05. The Morgan fingerprint density at radius 1 is 0.808 bits per heavy atom. The molecule has 140 valence electrons. The Morgan fingerprint density at radius 3 is 1.81 bits per heavy atom. The Hall–Kier alpha value is -1.71. The zero-order valence-electron chi connectivity index (χ0n) is 16.4. The average Bonchev–Trinajstić information content (AvgIpc) is 2.67. The van der Waals surface area contributed by atoms with Crippen LogP contribution in [0, 0.1) is 22.7 Å². The Bertz CT molecular complexity index is 601. The second kappa shape index (κ2) is 14.5. The summed E-state index contributed by atoms with van der Waals surface area (Å²) in [5.74, 6) is 1.16. The molecule has 0 spiro atoms.